The number of nitrogens with one attached hydrogen (secondary N) is 1. The summed E-state index contributed by atoms with van der Waals surface area (Å²) in [5.41, 5.74) is 0. The number of hydrogen-bond acceptors (Lipinski definition) is 3. The van der Waals surface area contributed by atoms with Crippen LogP contribution in [-0.2, 0) is 14.4 Å². The predicted molar refractivity (Wildman–Crippen MR) is 69.9 cm³/mol. The Labute approximate surface area is 113 Å². The Hall–Kier alpha value is -1.65. The molecule has 0 bridgehead atoms. The van der Waals surface area contributed by atoms with E-state index in [1.165, 1.54) is 0 Å². The SMILES string of the molecule is CC(C)CNC(=O)CN1C(=O)[C@H]2CC=CC[C@H]2C1=O. The number of fused-ring (bicyclic) bond motifs is 1. The lowest BCUT2D eigenvalue weighted by Gasteiger charge is -2.15. The fourth-order valence-electron chi connectivity index (χ4n) is 2.54. The van der Waals surface area contributed by atoms with Crippen molar-refractivity contribution in [3.63, 3.8) is 0 Å². The van der Waals surface area contributed by atoms with Crippen LogP contribution in [0, 0.1) is 17.8 Å². The maximum Gasteiger partial charge on any atom is 0.240 e. The van der Waals surface area contributed by atoms with Gasteiger partial charge in [-0.05, 0) is 18.8 Å². The number of imide groups is 1. The number of rotatable bonds is 4. The average Bonchev–Trinajstić information content (AvgIpc) is 2.62. The summed E-state index contributed by atoms with van der Waals surface area (Å²) >= 11 is 0. The van der Waals surface area contributed by atoms with Crippen LogP contribution in [0.5, 0.6) is 0 Å². The molecule has 19 heavy (non-hydrogen) atoms. The molecule has 3 amide bonds. The van der Waals surface area contributed by atoms with Crippen LogP contribution < -0.4 is 5.32 Å². The average molecular weight is 264 g/mol. The molecule has 0 aromatic carbocycles. The molecule has 0 radical (unpaired) electrons. The quantitative estimate of drug-likeness (QED) is 0.600. The fraction of sp³-hybridized carbons (Fsp3) is 0.643. The van der Waals surface area contributed by atoms with Crippen LogP contribution in [0.25, 0.3) is 0 Å². The van der Waals surface area contributed by atoms with Crippen molar-refractivity contribution in [3.05, 3.63) is 12.2 Å². The van der Waals surface area contributed by atoms with Crippen molar-refractivity contribution >= 4 is 17.7 Å². The Morgan fingerprint density at radius 1 is 1.26 bits per heavy atom. The van der Waals surface area contributed by atoms with Gasteiger partial charge in [0, 0.05) is 6.54 Å². The molecule has 2 aliphatic rings. The summed E-state index contributed by atoms with van der Waals surface area (Å²) < 4.78 is 0. The first-order valence-corrected chi connectivity index (χ1v) is 6.77. The van der Waals surface area contributed by atoms with Gasteiger partial charge in [0.15, 0.2) is 0 Å². The molecule has 104 valence electrons. The molecule has 2 rings (SSSR count). The monoisotopic (exact) mass is 264 g/mol. The van der Waals surface area contributed by atoms with E-state index in [9.17, 15) is 14.4 Å². The molecular formula is C14H20N2O3. The Bertz CT molecular complexity index is 402. The van der Waals surface area contributed by atoms with Gasteiger partial charge in [0.2, 0.25) is 17.7 Å². The zero-order chi connectivity index (χ0) is 14.0. The molecule has 1 aliphatic heterocycles. The van der Waals surface area contributed by atoms with E-state index in [2.05, 4.69) is 5.32 Å². The second-order valence-electron chi connectivity index (χ2n) is 5.62. The van der Waals surface area contributed by atoms with Crippen molar-refractivity contribution in [3.8, 4) is 0 Å². The van der Waals surface area contributed by atoms with Gasteiger partial charge in [-0.15, -0.1) is 0 Å². The molecule has 0 spiro atoms. The normalized spacial score (nSPS) is 25.9. The second-order valence-corrected chi connectivity index (χ2v) is 5.62. The molecule has 1 aliphatic carbocycles. The molecule has 5 nitrogen and oxygen atoms in total. The minimum absolute atomic E-state index is 0.141. The van der Waals surface area contributed by atoms with Crippen molar-refractivity contribution in [2.45, 2.75) is 26.7 Å². The predicted octanol–water partition coefficient (Wildman–Crippen LogP) is 0.710. The molecule has 0 aromatic heterocycles. The lowest BCUT2D eigenvalue weighted by Crippen LogP contribution is -2.41. The summed E-state index contributed by atoms with van der Waals surface area (Å²) in [5, 5.41) is 2.73. The molecule has 0 aromatic rings. The Morgan fingerprint density at radius 2 is 1.79 bits per heavy atom. The first-order chi connectivity index (χ1) is 9.00. The first-order valence-electron chi connectivity index (χ1n) is 6.77. The van der Waals surface area contributed by atoms with Crippen LogP contribution in [0.4, 0.5) is 0 Å². The van der Waals surface area contributed by atoms with Gasteiger partial charge >= 0.3 is 0 Å². The highest BCUT2D eigenvalue weighted by molar-refractivity contribution is 6.07. The minimum Gasteiger partial charge on any atom is -0.354 e. The van der Waals surface area contributed by atoms with Crippen LogP contribution in [0.3, 0.4) is 0 Å². The Morgan fingerprint density at radius 3 is 2.26 bits per heavy atom. The highest BCUT2D eigenvalue weighted by Gasteiger charge is 2.47. The smallest absolute Gasteiger partial charge is 0.240 e. The number of likely N-dealkylation sites (tertiary alicyclic amines) is 1. The number of carbonyl (C=O) groups excluding carboxylic acids is 3. The molecule has 0 unspecified atom stereocenters. The van der Waals surface area contributed by atoms with Crippen LogP contribution >= 0.6 is 0 Å². The number of nitrogens with zero attached hydrogens (tertiary/aromatic N) is 1. The number of hydrogen-bond donors (Lipinski definition) is 1. The molecule has 1 fully saturated rings. The zero-order valence-corrected chi connectivity index (χ0v) is 11.4. The van der Waals surface area contributed by atoms with E-state index in [4.69, 9.17) is 0 Å². The third-order valence-electron chi connectivity index (χ3n) is 3.61. The molecule has 2 atom stereocenters. The molecule has 1 heterocycles. The van der Waals surface area contributed by atoms with Gasteiger partial charge in [0.25, 0.3) is 0 Å². The van der Waals surface area contributed by atoms with E-state index in [1.54, 1.807) is 0 Å². The van der Waals surface area contributed by atoms with E-state index < -0.39 is 0 Å². The van der Waals surface area contributed by atoms with Crippen molar-refractivity contribution in [1.29, 1.82) is 0 Å². The highest BCUT2D eigenvalue weighted by atomic mass is 16.2. The summed E-state index contributed by atoms with van der Waals surface area (Å²) in [6.07, 6.45) is 5.10. The third kappa shape index (κ3) is 2.85. The zero-order valence-electron chi connectivity index (χ0n) is 11.4. The van der Waals surface area contributed by atoms with Gasteiger partial charge < -0.3 is 5.32 Å². The van der Waals surface area contributed by atoms with Crippen molar-refractivity contribution in [1.82, 2.24) is 10.2 Å². The summed E-state index contributed by atoms with van der Waals surface area (Å²) in [6, 6.07) is 0. The van der Waals surface area contributed by atoms with E-state index in [0.717, 1.165) is 4.90 Å². The number of amides is 3. The van der Waals surface area contributed by atoms with E-state index in [1.807, 2.05) is 26.0 Å². The Balaban J connectivity index is 1.96. The molecular weight excluding hydrogens is 244 g/mol. The Kier molecular flexibility index (Phi) is 4.02. The van der Waals surface area contributed by atoms with Crippen LogP contribution in [0.2, 0.25) is 0 Å². The molecule has 1 N–H and O–H groups in total. The van der Waals surface area contributed by atoms with Crippen LogP contribution in [-0.4, -0.2) is 35.7 Å². The van der Waals surface area contributed by atoms with Gasteiger partial charge in [-0.2, -0.15) is 0 Å². The van der Waals surface area contributed by atoms with E-state index >= 15 is 0 Å². The lowest BCUT2D eigenvalue weighted by atomic mass is 9.85. The van der Waals surface area contributed by atoms with Crippen molar-refractivity contribution in [2.75, 3.05) is 13.1 Å². The molecule has 1 saturated heterocycles. The lowest BCUT2D eigenvalue weighted by molar-refractivity contribution is -0.143. The maximum atomic E-state index is 12.1. The summed E-state index contributed by atoms with van der Waals surface area (Å²) in [6.45, 7) is 4.40. The van der Waals surface area contributed by atoms with Crippen LogP contribution in [0.15, 0.2) is 12.2 Å². The second kappa shape index (κ2) is 5.55. The first kappa shape index (κ1) is 13.8. The van der Waals surface area contributed by atoms with Crippen molar-refractivity contribution in [2.24, 2.45) is 17.8 Å². The third-order valence-corrected chi connectivity index (χ3v) is 3.61. The van der Waals surface area contributed by atoms with Crippen molar-refractivity contribution < 1.29 is 14.4 Å². The fourth-order valence-corrected chi connectivity index (χ4v) is 2.54. The van der Waals surface area contributed by atoms with Gasteiger partial charge in [0.05, 0.1) is 11.8 Å². The molecule has 0 saturated carbocycles. The summed E-state index contributed by atoms with van der Waals surface area (Å²) in [5.74, 6) is -0.813. The number of allylic oxidation sites excluding steroid dienone is 2. The topological polar surface area (TPSA) is 66.5 Å². The summed E-state index contributed by atoms with van der Waals surface area (Å²) in [4.78, 5) is 37.1. The van der Waals surface area contributed by atoms with Gasteiger partial charge in [0.1, 0.15) is 6.54 Å². The van der Waals surface area contributed by atoms with E-state index in [0.29, 0.717) is 25.3 Å². The van der Waals surface area contributed by atoms with E-state index in [-0.39, 0.29) is 36.1 Å². The van der Waals surface area contributed by atoms with Crippen LogP contribution in [0.1, 0.15) is 26.7 Å². The minimum atomic E-state index is -0.262. The van der Waals surface area contributed by atoms with Gasteiger partial charge in [-0.3, -0.25) is 19.3 Å². The maximum absolute atomic E-state index is 12.1. The standard InChI is InChI=1S/C14H20N2O3/c1-9(2)7-15-12(17)8-16-13(18)10-5-3-4-6-11(10)14(16)19/h3-4,9-11H,5-8H2,1-2H3,(H,15,17)/t10-,11+. The van der Waals surface area contributed by atoms with Gasteiger partial charge in [-0.25, -0.2) is 0 Å². The molecule has 5 heteroatoms. The number of carbonyl (C=O) groups is 3. The summed E-state index contributed by atoms with van der Waals surface area (Å²) in [7, 11) is 0. The van der Waals surface area contributed by atoms with Gasteiger partial charge in [-0.1, -0.05) is 26.0 Å². The highest BCUT2D eigenvalue weighted by Crippen LogP contribution is 2.34. The largest absolute Gasteiger partial charge is 0.354 e.